The number of amidine groups is 1. The third kappa shape index (κ3) is 3.04. The van der Waals surface area contributed by atoms with Gasteiger partial charge in [0.15, 0.2) is 11.5 Å². The van der Waals surface area contributed by atoms with Gasteiger partial charge in [-0.1, -0.05) is 12.1 Å². The second-order valence-electron chi connectivity index (χ2n) is 5.03. The first kappa shape index (κ1) is 15.0. The molecule has 21 heavy (non-hydrogen) atoms. The molecule has 1 aliphatic heterocycles. The van der Waals surface area contributed by atoms with Crippen molar-refractivity contribution in [2.45, 2.75) is 38.6 Å². The van der Waals surface area contributed by atoms with Crippen LogP contribution in [0.25, 0.3) is 0 Å². The van der Waals surface area contributed by atoms with Crippen LogP contribution in [0.2, 0.25) is 0 Å². The fraction of sp³-hybridized carbons (Fsp3) is 0.538. The molecule has 1 aromatic heterocycles. The van der Waals surface area contributed by atoms with Crippen LogP contribution in [0.4, 0.5) is 11.5 Å². The molecule has 1 saturated heterocycles. The molecule has 1 fully saturated rings. The van der Waals surface area contributed by atoms with Crippen LogP contribution in [-0.2, 0) is 0 Å². The van der Waals surface area contributed by atoms with Gasteiger partial charge >= 0.3 is 0 Å². The number of aromatic nitrogens is 1. The van der Waals surface area contributed by atoms with Gasteiger partial charge in [-0.05, 0) is 31.7 Å². The van der Waals surface area contributed by atoms with Crippen molar-refractivity contribution < 1.29 is 10.1 Å². The number of hydrogen-bond donors (Lipinski definition) is 2. The van der Waals surface area contributed by atoms with E-state index in [4.69, 9.17) is 10.9 Å². The predicted molar refractivity (Wildman–Crippen MR) is 78.7 cm³/mol. The minimum Gasteiger partial charge on any atom is -0.409 e. The smallest absolute Gasteiger partial charge is 0.298 e. The maximum absolute atomic E-state index is 11.0. The second-order valence-corrected chi connectivity index (χ2v) is 5.03. The third-order valence-electron chi connectivity index (χ3n) is 3.80. The summed E-state index contributed by atoms with van der Waals surface area (Å²) in [5.41, 5.74) is 5.15. The van der Waals surface area contributed by atoms with Crippen molar-refractivity contribution in [3.63, 3.8) is 0 Å². The molecule has 3 N–H and O–H groups in total. The predicted octanol–water partition coefficient (Wildman–Crippen LogP) is 1.85. The summed E-state index contributed by atoms with van der Waals surface area (Å²) in [5.74, 6) is 0.280. The molecule has 8 nitrogen and oxygen atoms in total. The van der Waals surface area contributed by atoms with Gasteiger partial charge in [0, 0.05) is 18.7 Å². The molecule has 0 aliphatic carbocycles. The highest BCUT2D eigenvalue weighted by Gasteiger charge is 2.26. The SMILES string of the molecule is CCC1CCCCN1c1ccc([N+](=O)[O-])c(/C(N)=N/O)n1. The summed E-state index contributed by atoms with van der Waals surface area (Å²) in [7, 11) is 0. The van der Waals surface area contributed by atoms with Gasteiger partial charge in [0.2, 0.25) is 0 Å². The van der Waals surface area contributed by atoms with Crippen molar-refractivity contribution in [2.24, 2.45) is 10.9 Å². The van der Waals surface area contributed by atoms with E-state index in [1.54, 1.807) is 6.07 Å². The molecule has 0 saturated carbocycles. The number of nitrogens with zero attached hydrogens (tertiary/aromatic N) is 4. The summed E-state index contributed by atoms with van der Waals surface area (Å²) < 4.78 is 0. The summed E-state index contributed by atoms with van der Waals surface area (Å²) in [4.78, 5) is 16.8. The molecule has 8 heteroatoms. The Kier molecular flexibility index (Phi) is 4.56. The van der Waals surface area contributed by atoms with Crippen molar-refractivity contribution in [1.29, 1.82) is 0 Å². The van der Waals surface area contributed by atoms with Crippen molar-refractivity contribution in [3.8, 4) is 0 Å². The number of nitro groups is 1. The fourth-order valence-electron chi connectivity index (χ4n) is 2.71. The third-order valence-corrected chi connectivity index (χ3v) is 3.80. The van der Waals surface area contributed by atoms with E-state index in [-0.39, 0.29) is 17.2 Å². The Morgan fingerprint density at radius 2 is 2.38 bits per heavy atom. The lowest BCUT2D eigenvalue weighted by Crippen LogP contribution is -2.40. The van der Waals surface area contributed by atoms with Gasteiger partial charge < -0.3 is 15.8 Å². The Bertz CT molecular complexity index is 561. The summed E-state index contributed by atoms with van der Waals surface area (Å²) in [5, 5.41) is 22.6. The molecule has 1 unspecified atom stereocenters. The summed E-state index contributed by atoms with van der Waals surface area (Å²) in [6.07, 6.45) is 4.30. The Morgan fingerprint density at radius 3 is 3.00 bits per heavy atom. The Morgan fingerprint density at radius 1 is 1.62 bits per heavy atom. The van der Waals surface area contributed by atoms with E-state index < -0.39 is 4.92 Å². The first-order valence-electron chi connectivity index (χ1n) is 6.98. The average Bonchev–Trinajstić information content (AvgIpc) is 2.53. The zero-order chi connectivity index (χ0) is 15.4. The molecule has 1 atom stereocenters. The average molecular weight is 293 g/mol. The van der Waals surface area contributed by atoms with Gasteiger partial charge in [-0.3, -0.25) is 10.1 Å². The monoisotopic (exact) mass is 293 g/mol. The van der Waals surface area contributed by atoms with Crippen LogP contribution in [-0.4, -0.2) is 33.5 Å². The normalized spacial score (nSPS) is 19.6. The molecule has 114 valence electrons. The van der Waals surface area contributed by atoms with Crippen LogP contribution in [0.1, 0.15) is 38.3 Å². The first-order valence-corrected chi connectivity index (χ1v) is 6.98. The number of hydrogen-bond acceptors (Lipinski definition) is 6. The van der Waals surface area contributed by atoms with Gasteiger partial charge in [-0.2, -0.15) is 0 Å². The van der Waals surface area contributed by atoms with E-state index in [1.165, 1.54) is 12.5 Å². The Balaban J connectivity index is 2.43. The molecule has 1 aliphatic rings. The highest BCUT2D eigenvalue weighted by Crippen LogP contribution is 2.27. The maximum Gasteiger partial charge on any atom is 0.298 e. The first-order chi connectivity index (χ1) is 10.1. The number of oxime groups is 1. The van der Waals surface area contributed by atoms with Gasteiger partial charge in [0.1, 0.15) is 5.82 Å². The van der Waals surface area contributed by atoms with E-state index in [1.807, 2.05) is 0 Å². The van der Waals surface area contributed by atoms with Crippen molar-refractivity contribution in [1.82, 2.24) is 4.98 Å². The van der Waals surface area contributed by atoms with Crippen LogP contribution >= 0.6 is 0 Å². The minimum atomic E-state index is -0.586. The molecule has 0 spiro atoms. The molecular weight excluding hydrogens is 274 g/mol. The number of pyridine rings is 1. The van der Waals surface area contributed by atoms with E-state index in [0.29, 0.717) is 11.9 Å². The molecule has 0 amide bonds. The molecule has 0 bridgehead atoms. The topological polar surface area (TPSA) is 118 Å². The van der Waals surface area contributed by atoms with Crippen molar-refractivity contribution in [3.05, 3.63) is 27.9 Å². The molecule has 0 radical (unpaired) electrons. The zero-order valence-corrected chi connectivity index (χ0v) is 11.9. The van der Waals surface area contributed by atoms with Crippen LogP contribution in [0.5, 0.6) is 0 Å². The van der Waals surface area contributed by atoms with Gasteiger partial charge in [-0.15, -0.1) is 0 Å². The lowest BCUT2D eigenvalue weighted by atomic mass is 10.00. The van der Waals surface area contributed by atoms with Gasteiger partial charge in [-0.25, -0.2) is 4.98 Å². The quantitative estimate of drug-likeness (QED) is 0.287. The van der Waals surface area contributed by atoms with Crippen LogP contribution in [0, 0.1) is 10.1 Å². The minimum absolute atomic E-state index is 0.0968. The van der Waals surface area contributed by atoms with Crippen LogP contribution in [0.3, 0.4) is 0 Å². The highest BCUT2D eigenvalue weighted by molar-refractivity contribution is 5.99. The fourth-order valence-corrected chi connectivity index (χ4v) is 2.71. The van der Waals surface area contributed by atoms with Crippen molar-refractivity contribution >= 4 is 17.3 Å². The van der Waals surface area contributed by atoms with E-state index in [2.05, 4.69) is 22.0 Å². The molecular formula is C13H19N5O3. The number of anilines is 1. The standard InChI is InChI=1S/C13H19N5O3/c1-2-9-5-3-4-8-17(9)11-7-6-10(18(20)21)12(15-11)13(14)16-19/h6-7,9,19H,2-5,8H2,1H3,(H2,14,16). The largest absolute Gasteiger partial charge is 0.409 e. The van der Waals surface area contributed by atoms with E-state index >= 15 is 0 Å². The van der Waals surface area contributed by atoms with E-state index in [9.17, 15) is 10.1 Å². The Hall–Kier alpha value is -2.38. The molecule has 1 aromatic rings. The zero-order valence-electron chi connectivity index (χ0n) is 11.9. The van der Waals surface area contributed by atoms with Crippen LogP contribution < -0.4 is 10.6 Å². The summed E-state index contributed by atoms with van der Waals surface area (Å²) in [6, 6.07) is 3.35. The molecule has 2 heterocycles. The van der Waals surface area contributed by atoms with Crippen LogP contribution in [0.15, 0.2) is 17.3 Å². The summed E-state index contributed by atoms with van der Waals surface area (Å²) in [6.45, 7) is 2.97. The molecule has 0 aromatic carbocycles. The van der Waals surface area contributed by atoms with E-state index in [0.717, 1.165) is 25.8 Å². The van der Waals surface area contributed by atoms with Crippen molar-refractivity contribution in [2.75, 3.05) is 11.4 Å². The second kappa shape index (κ2) is 6.38. The maximum atomic E-state index is 11.0. The van der Waals surface area contributed by atoms with Gasteiger partial charge in [0.05, 0.1) is 4.92 Å². The number of rotatable bonds is 4. The summed E-state index contributed by atoms with van der Waals surface area (Å²) >= 11 is 0. The number of nitrogens with two attached hydrogens (primary N) is 1. The Labute approximate surface area is 122 Å². The molecule has 2 rings (SSSR count). The van der Waals surface area contributed by atoms with Gasteiger partial charge in [0.25, 0.3) is 5.69 Å². The highest BCUT2D eigenvalue weighted by atomic mass is 16.6. The lowest BCUT2D eigenvalue weighted by Gasteiger charge is -2.36. The number of piperidine rings is 1. The lowest BCUT2D eigenvalue weighted by molar-refractivity contribution is -0.385.